The van der Waals surface area contributed by atoms with Crippen LogP contribution >= 0.6 is 0 Å². The van der Waals surface area contributed by atoms with Gasteiger partial charge >= 0.3 is 0 Å². The number of methoxy groups -OCH3 is 1. The quantitative estimate of drug-likeness (QED) is 0.282. The van der Waals surface area contributed by atoms with Crippen LogP contribution in [0.15, 0.2) is 17.4 Å². The van der Waals surface area contributed by atoms with E-state index >= 15 is 0 Å². The molecule has 0 radical (unpaired) electrons. The molecule has 0 atom stereocenters. The van der Waals surface area contributed by atoms with Crippen LogP contribution in [0.3, 0.4) is 0 Å². The minimum atomic E-state index is 0.440. The molecule has 1 N–H and O–H groups in total. The molecule has 1 aromatic rings. The van der Waals surface area contributed by atoms with Crippen molar-refractivity contribution in [3.63, 3.8) is 0 Å². The van der Waals surface area contributed by atoms with E-state index in [9.17, 15) is 0 Å². The smallest absolute Gasteiger partial charge is 0.227 e. The molecule has 3 rings (SSSR count). The van der Waals surface area contributed by atoms with Crippen LogP contribution in [0.4, 0.5) is 11.8 Å². The van der Waals surface area contributed by atoms with Crippen molar-refractivity contribution in [2.24, 2.45) is 0 Å². The number of piperidine rings is 1. The first-order chi connectivity index (χ1) is 18.3. The standard InChI is InChI=1S/C31H54N6O/c1-8-9-10-12-20-36(6)31-33-28-23-25(14-11-13-19-35(4)5)29(38-7)16-15-27(28)30(34-31)32-26-17-21-37(22-18-26)24(2)3/h16,23-24,26H,8-15,17-22H2,1-7H3,(H,32,33,34). The largest absolute Gasteiger partial charge is 0.497 e. The van der Waals surface area contributed by atoms with Gasteiger partial charge in [0.05, 0.1) is 12.8 Å². The summed E-state index contributed by atoms with van der Waals surface area (Å²) >= 11 is 0. The first-order valence-electron chi connectivity index (χ1n) is 15.0. The van der Waals surface area contributed by atoms with Crippen LogP contribution < -0.4 is 10.2 Å². The van der Waals surface area contributed by atoms with E-state index < -0.39 is 0 Å². The number of nitrogens with zero attached hydrogens (tertiary/aromatic N) is 5. The Balaban J connectivity index is 1.87. The second-order valence-electron chi connectivity index (χ2n) is 11.7. The summed E-state index contributed by atoms with van der Waals surface area (Å²) in [4.78, 5) is 17.3. The van der Waals surface area contributed by atoms with Crippen molar-refractivity contribution in [1.82, 2.24) is 19.8 Å². The van der Waals surface area contributed by atoms with Gasteiger partial charge in [0.1, 0.15) is 11.6 Å². The van der Waals surface area contributed by atoms with E-state index in [-0.39, 0.29) is 0 Å². The van der Waals surface area contributed by atoms with Crippen LogP contribution in [0.2, 0.25) is 0 Å². The lowest BCUT2D eigenvalue weighted by atomic mass is 10.0. The van der Waals surface area contributed by atoms with Gasteiger partial charge in [-0.2, -0.15) is 4.98 Å². The highest BCUT2D eigenvalue weighted by Gasteiger charge is 2.24. The van der Waals surface area contributed by atoms with Crippen LogP contribution in [0.5, 0.6) is 0 Å². The molecule has 0 spiro atoms. The predicted molar refractivity (Wildman–Crippen MR) is 162 cm³/mol. The molecule has 214 valence electrons. The molecule has 0 saturated carbocycles. The Labute approximate surface area is 232 Å². The molecule has 1 fully saturated rings. The van der Waals surface area contributed by atoms with Gasteiger partial charge in [-0.05, 0) is 90.7 Å². The minimum Gasteiger partial charge on any atom is -0.497 e. The summed E-state index contributed by atoms with van der Waals surface area (Å²) < 4.78 is 5.87. The van der Waals surface area contributed by atoms with E-state index in [4.69, 9.17) is 14.7 Å². The van der Waals surface area contributed by atoms with Crippen LogP contribution in [0.1, 0.15) is 89.8 Å². The zero-order valence-electron chi connectivity index (χ0n) is 25.4. The number of hydrogen-bond donors (Lipinski definition) is 1. The van der Waals surface area contributed by atoms with Crippen molar-refractivity contribution in [2.45, 2.75) is 97.1 Å². The fraction of sp³-hybridized carbons (Fsp3) is 0.742. The molecular weight excluding hydrogens is 472 g/mol. The zero-order chi connectivity index (χ0) is 27.5. The van der Waals surface area contributed by atoms with Crippen LogP contribution in [0, 0.1) is 0 Å². The van der Waals surface area contributed by atoms with Gasteiger partial charge in [0, 0.05) is 50.7 Å². The van der Waals surface area contributed by atoms with E-state index in [1.54, 1.807) is 7.11 Å². The lowest BCUT2D eigenvalue weighted by molar-refractivity contribution is 0.177. The van der Waals surface area contributed by atoms with Gasteiger partial charge in [-0.3, -0.25) is 0 Å². The maximum absolute atomic E-state index is 5.87. The SMILES string of the molecule is CCCCCCN(C)c1nc2c(c(NC3CCN(C(C)C)CC3)n1)CC=C(OC)C(CCCCN(C)C)=C2. The molecular formula is C31H54N6O. The first-order valence-corrected chi connectivity index (χ1v) is 15.0. The van der Waals surface area contributed by atoms with Crippen molar-refractivity contribution < 1.29 is 4.74 Å². The van der Waals surface area contributed by atoms with Gasteiger partial charge in [0.15, 0.2) is 0 Å². The highest BCUT2D eigenvalue weighted by atomic mass is 16.5. The Morgan fingerprint density at radius 2 is 1.76 bits per heavy atom. The first kappa shape index (κ1) is 30.4. The van der Waals surface area contributed by atoms with Crippen LogP contribution in [-0.4, -0.2) is 86.3 Å². The topological polar surface area (TPSA) is 56.8 Å². The number of fused-ring (bicyclic) bond motifs is 1. The van der Waals surface area contributed by atoms with E-state index in [0.29, 0.717) is 12.1 Å². The normalized spacial score (nSPS) is 16.8. The van der Waals surface area contributed by atoms with E-state index in [1.165, 1.54) is 43.2 Å². The highest BCUT2D eigenvalue weighted by molar-refractivity contribution is 5.67. The lowest BCUT2D eigenvalue weighted by Crippen LogP contribution is -2.42. The number of unbranched alkanes of at least 4 members (excludes halogenated alkanes) is 4. The number of allylic oxidation sites excluding steroid dienone is 2. The summed E-state index contributed by atoms with van der Waals surface area (Å²) in [6.45, 7) is 11.2. The third-order valence-electron chi connectivity index (χ3n) is 7.96. The maximum atomic E-state index is 5.87. The Bertz CT molecular complexity index is 917. The summed E-state index contributed by atoms with van der Waals surface area (Å²) in [7, 11) is 8.21. The average molecular weight is 527 g/mol. The summed E-state index contributed by atoms with van der Waals surface area (Å²) in [6, 6.07) is 1.05. The number of anilines is 2. The van der Waals surface area contributed by atoms with Crippen LogP contribution in [-0.2, 0) is 11.2 Å². The fourth-order valence-electron chi connectivity index (χ4n) is 5.44. The Kier molecular flexibility index (Phi) is 12.4. The second kappa shape index (κ2) is 15.5. The van der Waals surface area contributed by atoms with Gasteiger partial charge in [0.2, 0.25) is 5.95 Å². The molecule has 1 saturated heterocycles. The van der Waals surface area contributed by atoms with E-state index in [1.807, 2.05) is 0 Å². The number of hydrogen-bond acceptors (Lipinski definition) is 7. The Morgan fingerprint density at radius 3 is 2.42 bits per heavy atom. The molecule has 7 heteroatoms. The van der Waals surface area contributed by atoms with Gasteiger partial charge < -0.3 is 24.8 Å². The van der Waals surface area contributed by atoms with Crippen LogP contribution in [0.25, 0.3) is 6.08 Å². The lowest BCUT2D eigenvalue weighted by Gasteiger charge is -2.35. The van der Waals surface area contributed by atoms with Crippen molar-refractivity contribution in [2.75, 3.05) is 64.6 Å². The minimum absolute atomic E-state index is 0.440. The molecule has 7 nitrogen and oxygen atoms in total. The zero-order valence-corrected chi connectivity index (χ0v) is 25.4. The molecule has 38 heavy (non-hydrogen) atoms. The van der Waals surface area contributed by atoms with Gasteiger partial charge in [-0.15, -0.1) is 0 Å². The monoisotopic (exact) mass is 526 g/mol. The summed E-state index contributed by atoms with van der Waals surface area (Å²) in [6.07, 6.45) is 15.8. The number of ether oxygens (including phenoxy) is 1. The number of likely N-dealkylation sites (tertiary alicyclic amines) is 1. The molecule has 1 aliphatic carbocycles. The van der Waals surface area contributed by atoms with Crippen molar-refractivity contribution >= 4 is 17.8 Å². The molecule has 2 aliphatic rings. The van der Waals surface area contributed by atoms with Gasteiger partial charge in [0.25, 0.3) is 0 Å². The molecule has 2 heterocycles. The molecule has 1 aromatic heterocycles. The highest BCUT2D eigenvalue weighted by Crippen LogP contribution is 2.32. The Hall–Kier alpha value is -2.12. The van der Waals surface area contributed by atoms with E-state index in [0.717, 1.165) is 81.5 Å². The maximum Gasteiger partial charge on any atom is 0.227 e. The van der Waals surface area contributed by atoms with Gasteiger partial charge in [-0.25, -0.2) is 4.98 Å². The second-order valence-corrected chi connectivity index (χ2v) is 11.7. The molecule has 1 aliphatic heterocycles. The summed E-state index contributed by atoms with van der Waals surface area (Å²) in [5.41, 5.74) is 3.48. The van der Waals surface area contributed by atoms with Crippen molar-refractivity contribution in [1.29, 1.82) is 0 Å². The van der Waals surface area contributed by atoms with Gasteiger partial charge in [-0.1, -0.05) is 26.2 Å². The van der Waals surface area contributed by atoms with E-state index in [2.05, 4.69) is 74.1 Å². The average Bonchev–Trinajstić information content (AvgIpc) is 3.08. The number of nitrogens with one attached hydrogen (secondary N) is 1. The summed E-state index contributed by atoms with van der Waals surface area (Å²) in [5.74, 6) is 2.81. The predicted octanol–water partition coefficient (Wildman–Crippen LogP) is 5.98. The van der Waals surface area contributed by atoms with Crippen molar-refractivity contribution in [3.8, 4) is 0 Å². The molecule has 0 unspecified atom stereocenters. The fourth-order valence-corrected chi connectivity index (χ4v) is 5.44. The Morgan fingerprint density at radius 1 is 1.03 bits per heavy atom. The number of rotatable bonds is 15. The summed E-state index contributed by atoms with van der Waals surface area (Å²) in [5, 5.41) is 3.87. The number of aromatic nitrogens is 2. The van der Waals surface area contributed by atoms with Crippen molar-refractivity contribution in [3.05, 3.63) is 28.7 Å². The molecule has 0 bridgehead atoms. The third-order valence-corrected chi connectivity index (χ3v) is 7.96. The molecule has 0 amide bonds. The molecule has 0 aromatic carbocycles. The third kappa shape index (κ3) is 8.98.